The number of rotatable bonds is 6. The maximum Gasteiger partial charge on any atom is 0.416 e. The number of ether oxygens (including phenoxy) is 1. The van der Waals surface area contributed by atoms with Gasteiger partial charge in [-0.1, -0.05) is 6.07 Å². The van der Waals surface area contributed by atoms with Crippen LogP contribution in [-0.4, -0.2) is 18.6 Å². The van der Waals surface area contributed by atoms with E-state index in [1.165, 1.54) is 6.07 Å². The minimum Gasteiger partial charge on any atom is -0.494 e. The minimum absolute atomic E-state index is 0.281. The van der Waals surface area contributed by atoms with Gasteiger partial charge in [-0.05, 0) is 43.0 Å². The number of unbranched alkanes of at least 4 members (excludes halogenated alkanes) is 1. The third-order valence-electron chi connectivity index (χ3n) is 2.17. The zero-order valence-electron chi connectivity index (χ0n) is 9.59. The molecule has 0 radical (unpaired) electrons. The van der Waals surface area contributed by atoms with E-state index < -0.39 is 11.7 Å². The van der Waals surface area contributed by atoms with Crippen LogP contribution in [0.1, 0.15) is 18.4 Å². The van der Waals surface area contributed by atoms with E-state index in [2.05, 4.69) is 0 Å². The predicted molar refractivity (Wildman–Crippen MR) is 64.6 cm³/mol. The summed E-state index contributed by atoms with van der Waals surface area (Å²) < 4.78 is 42.5. The van der Waals surface area contributed by atoms with E-state index in [0.29, 0.717) is 6.61 Å². The van der Waals surface area contributed by atoms with Crippen LogP contribution >= 0.6 is 11.8 Å². The van der Waals surface area contributed by atoms with Crippen molar-refractivity contribution >= 4 is 11.8 Å². The fraction of sp³-hybridized carbons (Fsp3) is 0.500. The van der Waals surface area contributed by atoms with Crippen molar-refractivity contribution in [2.75, 3.05) is 18.6 Å². The van der Waals surface area contributed by atoms with Gasteiger partial charge in [0.1, 0.15) is 5.75 Å². The van der Waals surface area contributed by atoms with Crippen LogP contribution < -0.4 is 4.74 Å². The van der Waals surface area contributed by atoms with Crippen LogP contribution in [0.25, 0.3) is 0 Å². The summed E-state index contributed by atoms with van der Waals surface area (Å²) in [5, 5.41) is 0. The third kappa shape index (κ3) is 5.35. The first kappa shape index (κ1) is 14.2. The van der Waals surface area contributed by atoms with Gasteiger partial charge in [-0.3, -0.25) is 0 Å². The van der Waals surface area contributed by atoms with Crippen LogP contribution in [-0.2, 0) is 6.18 Å². The Morgan fingerprint density at radius 2 is 2.00 bits per heavy atom. The van der Waals surface area contributed by atoms with Crippen LogP contribution in [0.4, 0.5) is 13.2 Å². The van der Waals surface area contributed by atoms with E-state index in [-0.39, 0.29) is 5.75 Å². The Morgan fingerprint density at radius 3 is 2.65 bits per heavy atom. The van der Waals surface area contributed by atoms with Gasteiger partial charge in [0.25, 0.3) is 0 Å². The maximum atomic E-state index is 12.4. The highest BCUT2D eigenvalue weighted by molar-refractivity contribution is 7.98. The van der Waals surface area contributed by atoms with Gasteiger partial charge in [-0.2, -0.15) is 24.9 Å². The molecule has 1 rings (SSSR count). The average molecular weight is 264 g/mol. The van der Waals surface area contributed by atoms with E-state index in [9.17, 15) is 13.2 Å². The maximum absolute atomic E-state index is 12.4. The first-order valence-corrected chi connectivity index (χ1v) is 6.72. The summed E-state index contributed by atoms with van der Waals surface area (Å²) in [4.78, 5) is 0. The molecule has 0 aromatic heterocycles. The van der Waals surface area contributed by atoms with E-state index in [4.69, 9.17) is 4.74 Å². The fourth-order valence-corrected chi connectivity index (χ4v) is 1.79. The van der Waals surface area contributed by atoms with Gasteiger partial charge in [0.2, 0.25) is 0 Å². The number of thioether (sulfide) groups is 1. The summed E-state index contributed by atoms with van der Waals surface area (Å²) in [6, 6.07) is 4.99. The summed E-state index contributed by atoms with van der Waals surface area (Å²) in [5.74, 6) is 1.33. The highest BCUT2D eigenvalue weighted by Gasteiger charge is 2.30. The van der Waals surface area contributed by atoms with Gasteiger partial charge in [0.15, 0.2) is 0 Å². The normalized spacial score (nSPS) is 11.5. The van der Waals surface area contributed by atoms with Crippen molar-refractivity contribution in [2.24, 2.45) is 0 Å². The van der Waals surface area contributed by atoms with Crippen LogP contribution in [0.2, 0.25) is 0 Å². The molecule has 0 atom stereocenters. The van der Waals surface area contributed by atoms with E-state index in [0.717, 1.165) is 30.7 Å². The van der Waals surface area contributed by atoms with Crippen molar-refractivity contribution in [3.05, 3.63) is 29.8 Å². The molecule has 0 aliphatic carbocycles. The van der Waals surface area contributed by atoms with Crippen molar-refractivity contribution in [3.8, 4) is 5.75 Å². The standard InChI is InChI=1S/C12H15F3OS/c1-17-8-3-2-7-16-11-6-4-5-10(9-11)12(13,14)15/h4-6,9H,2-3,7-8H2,1H3. The highest BCUT2D eigenvalue weighted by atomic mass is 32.2. The summed E-state index contributed by atoms with van der Waals surface area (Å²) in [7, 11) is 0. The minimum atomic E-state index is -4.31. The van der Waals surface area contributed by atoms with Gasteiger partial charge >= 0.3 is 6.18 Å². The Hall–Kier alpha value is -0.840. The molecule has 0 heterocycles. The zero-order chi connectivity index (χ0) is 12.7. The lowest BCUT2D eigenvalue weighted by atomic mass is 10.2. The largest absolute Gasteiger partial charge is 0.494 e. The molecule has 0 unspecified atom stereocenters. The third-order valence-corrected chi connectivity index (χ3v) is 2.87. The summed E-state index contributed by atoms with van der Waals surface area (Å²) in [6.07, 6.45) is -0.414. The molecule has 5 heteroatoms. The lowest BCUT2D eigenvalue weighted by Crippen LogP contribution is -2.05. The number of benzene rings is 1. The Bertz CT molecular complexity index is 339. The molecule has 0 saturated carbocycles. The molecular weight excluding hydrogens is 249 g/mol. The van der Waals surface area contributed by atoms with E-state index in [1.54, 1.807) is 17.8 Å². The number of hydrogen-bond donors (Lipinski definition) is 0. The Labute approximate surface area is 103 Å². The molecule has 0 N–H and O–H groups in total. The molecule has 0 bridgehead atoms. The van der Waals surface area contributed by atoms with Crippen LogP contribution in [0.3, 0.4) is 0 Å². The van der Waals surface area contributed by atoms with Crippen molar-refractivity contribution in [3.63, 3.8) is 0 Å². The smallest absolute Gasteiger partial charge is 0.416 e. The second-order valence-corrected chi connectivity index (χ2v) is 4.56. The zero-order valence-corrected chi connectivity index (χ0v) is 10.4. The molecular formula is C12H15F3OS. The van der Waals surface area contributed by atoms with Crippen LogP contribution in [0, 0.1) is 0 Å². The monoisotopic (exact) mass is 264 g/mol. The number of halogens is 3. The molecule has 0 amide bonds. The molecule has 96 valence electrons. The van der Waals surface area contributed by atoms with Crippen molar-refractivity contribution in [2.45, 2.75) is 19.0 Å². The second-order valence-electron chi connectivity index (χ2n) is 3.57. The van der Waals surface area contributed by atoms with Gasteiger partial charge in [-0.25, -0.2) is 0 Å². The SMILES string of the molecule is CSCCCCOc1cccc(C(F)(F)F)c1. The first-order chi connectivity index (χ1) is 8.04. The van der Waals surface area contributed by atoms with E-state index in [1.807, 2.05) is 6.26 Å². The molecule has 0 saturated heterocycles. The number of hydrogen-bond acceptors (Lipinski definition) is 2. The average Bonchev–Trinajstić information content (AvgIpc) is 2.28. The lowest BCUT2D eigenvalue weighted by molar-refractivity contribution is -0.137. The van der Waals surface area contributed by atoms with Crippen LogP contribution in [0.5, 0.6) is 5.75 Å². The molecule has 0 fully saturated rings. The first-order valence-electron chi connectivity index (χ1n) is 5.33. The van der Waals surface area contributed by atoms with Crippen LogP contribution in [0.15, 0.2) is 24.3 Å². The predicted octanol–water partition coefficient (Wildman–Crippen LogP) is 4.23. The summed E-state index contributed by atoms with van der Waals surface area (Å²) in [6.45, 7) is 0.460. The fourth-order valence-electron chi connectivity index (χ4n) is 1.30. The lowest BCUT2D eigenvalue weighted by Gasteiger charge is -2.10. The highest BCUT2D eigenvalue weighted by Crippen LogP contribution is 2.31. The quantitative estimate of drug-likeness (QED) is 0.711. The van der Waals surface area contributed by atoms with Gasteiger partial charge in [0.05, 0.1) is 12.2 Å². The van der Waals surface area contributed by atoms with Gasteiger partial charge < -0.3 is 4.74 Å². The second kappa shape index (κ2) is 6.79. The molecule has 0 aliphatic rings. The number of alkyl halides is 3. The van der Waals surface area contributed by atoms with Gasteiger partial charge in [-0.15, -0.1) is 0 Å². The molecule has 1 nitrogen and oxygen atoms in total. The molecule has 0 aliphatic heterocycles. The molecule has 1 aromatic carbocycles. The van der Waals surface area contributed by atoms with E-state index >= 15 is 0 Å². The van der Waals surface area contributed by atoms with Gasteiger partial charge in [0, 0.05) is 0 Å². The summed E-state index contributed by atoms with van der Waals surface area (Å²) >= 11 is 1.75. The summed E-state index contributed by atoms with van der Waals surface area (Å²) in [5.41, 5.74) is -0.667. The topological polar surface area (TPSA) is 9.23 Å². The van der Waals surface area contributed by atoms with Crippen molar-refractivity contribution in [1.29, 1.82) is 0 Å². The molecule has 0 spiro atoms. The molecule has 17 heavy (non-hydrogen) atoms. The Balaban J connectivity index is 2.44. The van der Waals surface area contributed by atoms with Crippen molar-refractivity contribution < 1.29 is 17.9 Å². The van der Waals surface area contributed by atoms with Crippen molar-refractivity contribution in [1.82, 2.24) is 0 Å². The Kier molecular flexibility index (Phi) is 5.68. The molecule has 1 aromatic rings. The Morgan fingerprint density at radius 1 is 1.24 bits per heavy atom.